The van der Waals surface area contributed by atoms with Crippen LogP contribution in [0.4, 0.5) is 0 Å². The van der Waals surface area contributed by atoms with Gasteiger partial charge in [-0.3, -0.25) is 14.5 Å². The first-order valence-corrected chi connectivity index (χ1v) is 6.87. The average Bonchev–Trinajstić information content (AvgIpc) is 2.40. The third-order valence-corrected chi connectivity index (χ3v) is 2.87. The molecule has 0 aromatic carbocycles. The Bertz CT molecular complexity index is 272. The van der Waals surface area contributed by atoms with Crippen LogP contribution in [0.1, 0.15) is 26.7 Å². The number of esters is 1. The molecule has 112 valence electrons. The van der Waals surface area contributed by atoms with Gasteiger partial charge in [-0.1, -0.05) is 6.92 Å². The number of rotatable bonds is 10. The fourth-order valence-electron chi connectivity index (χ4n) is 1.64. The van der Waals surface area contributed by atoms with Crippen molar-refractivity contribution in [1.29, 1.82) is 0 Å². The second kappa shape index (κ2) is 10.8. The van der Waals surface area contributed by atoms with Crippen LogP contribution < -0.4 is 5.73 Å². The molecule has 0 saturated heterocycles. The first kappa shape index (κ1) is 17.9. The Morgan fingerprint density at radius 3 is 2.42 bits per heavy atom. The zero-order valence-electron chi connectivity index (χ0n) is 12.4. The Morgan fingerprint density at radius 1 is 1.21 bits per heavy atom. The molecular weight excluding hydrogens is 246 g/mol. The van der Waals surface area contributed by atoms with E-state index >= 15 is 0 Å². The molecule has 19 heavy (non-hydrogen) atoms. The zero-order valence-corrected chi connectivity index (χ0v) is 12.4. The maximum atomic E-state index is 11.8. The van der Waals surface area contributed by atoms with E-state index in [1.807, 2.05) is 11.8 Å². The van der Waals surface area contributed by atoms with Crippen LogP contribution in [0.25, 0.3) is 0 Å². The lowest BCUT2D eigenvalue weighted by Gasteiger charge is -2.21. The van der Waals surface area contributed by atoms with Crippen molar-refractivity contribution in [2.45, 2.75) is 26.7 Å². The molecule has 0 fully saturated rings. The van der Waals surface area contributed by atoms with Gasteiger partial charge >= 0.3 is 5.97 Å². The minimum Gasteiger partial charge on any atom is -0.465 e. The highest BCUT2D eigenvalue weighted by molar-refractivity contribution is 5.76. The van der Waals surface area contributed by atoms with Gasteiger partial charge in [-0.25, -0.2) is 0 Å². The van der Waals surface area contributed by atoms with Gasteiger partial charge in [0.2, 0.25) is 5.91 Å². The van der Waals surface area contributed by atoms with Gasteiger partial charge in [0.1, 0.15) is 0 Å². The first-order valence-electron chi connectivity index (χ1n) is 6.87. The van der Waals surface area contributed by atoms with Gasteiger partial charge in [-0.15, -0.1) is 0 Å². The number of hydrogen-bond acceptors (Lipinski definition) is 5. The van der Waals surface area contributed by atoms with Crippen molar-refractivity contribution in [3.05, 3.63) is 0 Å². The number of likely N-dealkylation sites (N-methyl/N-ethyl adjacent to an activating group) is 1. The summed E-state index contributed by atoms with van der Waals surface area (Å²) in [6.07, 6.45) is 1.22. The summed E-state index contributed by atoms with van der Waals surface area (Å²) in [5.41, 5.74) is 5.41. The molecular formula is C13H27N3O3. The summed E-state index contributed by atoms with van der Waals surface area (Å²) in [6, 6.07) is 0. The second-order valence-corrected chi connectivity index (χ2v) is 4.38. The Labute approximate surface area is 115 Å². The van der Waals surface area contributed by atoms with E-state index in [1.54, 1.807) is 18.9 Å². The van der Waals surface area contributed by atoms with Crippen LogP contribution in [0.3, 0.4) is 0 Å². The molecule has 0 unspecified atom stereocenters. The predicted octanol–water partition coefficient (Wildman–Crippen LogP) is 0.0687. The number of nitrogens with zero attached hydrogens (tertiary/aromatic N) is 2. The van der Waals surface area contributed by atoms with E-state index in [0.717, 1.165) is 13.0 Å². The second-order valence-electron chi connectivity index (χ2n) is 4.38. The van der Waals surface area contributed by atoms with Gasteiger partial charge < -0.3 is 15.4 Å². The molecule has 0 saturated carbocycles. The average molecular weight is 273 g/mol. The molecule has 0 aliphatic rings. The highest BCUT2D eigenvalue weighted by Gasteiger charge is 2.13. The minimum atomic E-state index is -0.242. The summed E-state index contributed by atoms with van der Waals surface area (Å²) in [6.45, 7) is 6.92. The summed E-state index contributed by atoms with van der Waals surface area (Å²) >= 11 is 0. The predicted molar refractivity (Wildman–Crippen MR) is 74.7 cm³/mol. The van der Waals surface area contributed by atoms with E-state index < -0.39 is 0 Å². The Kier molecular flexibility index (Phi) is 10.1. The maximum Gasteiger partial charge on any atom is 0.320 e. The summed E-state index contributed by atoms with van der Waals surface area (Å²) in [4.78, 5) is 26.8. The van der Waals surface area contributed by atoms with E-state index in [2.05, 4.69) is 0 Å². The van der Waals surface area contributed by atoms with Crippen molar-refractivity contribution in [3.63, 3.8) is 0 Å². The van der Waals surface area contributed by atoms with Gasteiger partial charge in [0.15, 0.2) is 0 Å². The highest BCUT2D eigenvalue weighted by atomic mass is 16.5. The van der Waals surface area contributed by atoms with E-state index in [1.165, 1.54) is 0 Å². The van der Waals surface area contributed by atoms with Crippen LogP contribution >= 0.6 is 0 Å². The molecule has 1 amide bonds. The summed E-state index contributed by atoms with van der Waals surface area (Å²) in [5, 5.41) is 0. The molecule has 6 nitrogen and oxygen atoms in total. The van der Waals surface area contributed by atoms with Gasteiger partial charge in [0.25, 0.3) is 0 Å². The Morgan fingerprint density at radius 2 is 1.89 bits per heavy atom. The van der Waals surface area contributed by atoms with Crippen molar-refractivity contribution in [3.8, 4) is 0 Å². The molecule has 0 radical (unpaired) electrons. The van der Waals surface area contributed by atoms with Gasteiger partial charge in [0, 0.05) is 26.6 Å². The number of amides is 1. The third kappa shape index (κ3) is 8.56. The normalized spacial score (nSPS) is 10.6. The van der Waals surface area contributed by atoms with Gasteiger partial charge in [-0.2, -0.15) is 0 Å². The summed E-state index contributed by atoms with van der Waals surface area (Å²) in [7, 11) is 1.78. The molecule has 0 aromatic heterocycles. The number of ether oxygens (including phenoxy) is 1. The lowest BCUT2D eigenvalue weighted by molar-refractivity contribution is -0.144. The fourth-order valence-corrected chi connectivity index (χ4v) is 1.64. The van der Waals surface area contributed by atoms with Gasteiger partial charge in [-0.05, 0) is 26.4 Å². The highest BCUT2D eigenvalue weighted by Crippen LogP contribution is 1.97. The third-order valence-electron chi connectivity index (χ3n) is 2.87. The molecule has 0 rings (SSSR count). The van der Waals surface area contributed by atoms with Crippen molar-refractivity contribution in [2.75, 3.05) is 46.4 Å². The van der Waals surface area contributed by atoms with Crippen LogP contribution in [0.15, 0.2) is 0 Å². The number of hydrogen-bond donors (Lipinski definition) is 1. The molecule has 6 heteroatoms. The van der Waals surface area contributed by atoms with Crippen LogP contribution in [0.2, 0.25) is 0 Å². The fraction of sp³-hybridized carbons (Fsp3) is 0.846. The Hall–Kier alpha value is -1.14. The van der Waals surface area contributed by atoms with Crippen LogP contribution in [-0.2, 0) is 14.3 Å². The number of carbonyl (C=O) groups excluding carboxylic acids is 2. The summed E-state index contributed by atoms with van der Waals surface area (Å²) < 4.78 is 4.89. The standard InChI is InChI=1S/C13H27N3O3/c1-4-16(11-13(18)19-5-2)10-7-12(17)15(3)9-6-8-14/h4-11,14H2,1-3H3. The van der Waals surface area contributed by atoms with Crippen molar-refractivity contribution < 1.29 is 14.3 Å². The molecule has 0 spiro atoms. The largest absolute Gasteiger partial charge is 0.465 e. The molecule has 0 bridgehead atoms. The number of nitrogens with two attached hydrogens (primary N) is 1. The topological polar surface area (TPSA) is 75.9 Å². The molecule has 0 heterocycles. The van der Waals surface area contributed by atoms with Crippen molar-refractivity contribution in [2.24, 2.45) is 5.73 Å². The maximum absolute atomic E-state index is 11.8. The van der Waals surface area contributed by atoms with E-state index in [4.69, 9.17) is 10.5 Å². The SMILES string of the molecule is CCOC(=O)CN(CC)CCC(=O)N(C)CCCN. The first-order chi connectivity index (χ1) is 9.04. The monoisotopic (exact) mass is 273 g/mol. The van der Waals surface area contributed by atoms with E-state index in [0.29, 0.717) is 32.7 Å². The van der Waals surface area contributed by atoms with Crippen LogP contribution in [-0.4, -0.2) is 68.1 Å². The van der Waals surface area contributed by atoms with Crippen molar-refractivity contribution >= 4 is 11.9 Å². The minimum absolute atomic E-state index is 0.0794. The lowest BCUT2D eigenvalue weighted by atomic mass is 10.3. The zero-order chi connectivity index (χ0) is 14.7. The van der Waals surface area contributed by atoms with E-state index in [9.17, 15) is 9.59 Å². The van der Waals surface area contributed by atoms with Crippen LogP contribution in [0, 0.1) is 0 Å². The molecule has 0 aromatic rings. The lowest BCUT2D eigenvalue weighted by Crippen LogP contribution is -2.36. The molecule has 0 atom stereocenters. The summed E-state index contributed by atoms with van der Waals surface area (Å²) in [5.74, 6) is -0.163. The van der Waals surface area contributed by atoms with Crippen molar-refractivity contribution in [1.82, 2.24) is 9.80 Å². The van der Waals surface area contributed by atoms with Crippen LogP contribution in [0.5, 0.6) is 0 Å². The van der Waals surface area contributed by atoms with Gasteiger partial charge in [0.05, 0.1) is 13.2 Å². The Balaban J connectivity index is 3.99. The molecule has 0 aliphatic heterocycles. The smallest absolute Gasteiger partial charge is 0.320 e. The number of carbonyl (C=O) groups is 2. The quantitative estimate of drug-likeness (QED) is 0.570. The van der Waals surface area contributed by atoms with E-state index in [-0.39, 0.29) is 18.4 Å². The molecule has 0 aliphatic carbocycles. The molecule has 2 N–H and O–H groups in total.